The smallest absolute Gasteiger partial charge is 0.152 e. The minimum absolute atomic E-state index is 0.482. The second-order valence-electron chi connectivity index (χ2n) is 6.31. The third-order valence-electron chi connectivity index (χ3n) is 4.38. The van der Waals surface area contributed by atoms with Gasteiger partial charge in [0.25, 0.3) is 0 Å². The molecule has 27 heavy (non-hydrogen) atoms. The summed E-state index contributed by atoms with van der Waals surface area (Å²) in [5.74, 6) is 1.49. The number of hydrogen-bond acceptors (Lipinski definition) is 4. The molecule has 0 saturated carbocycles. The highest BCUT2D eigenvalue weighted by Gasteiger charge is 2.11. The Labute approximate surface area is 171 Å². The molecule has 0 aliphatic heterocycles. The van der Waals surface area contributed by atoms with E-state index in [0.717, 1.165) is 52.0 Å². The zero-order chi connectivity index (χ0) is 18.8. The van der Waals surface area contributed by atoms with Crippen LogP contribution >= 0.6 is 35.0 Å². The SMILES string of the molecule is Nc1nc2ccccc2c2c1ncn2CCCCSc1cc(Cl)cc(Cl)c1. The number of halogens is 2. The average molecular weight is 417 g/mol. The van der Waals surface area contributed by atoms with Crippen LogP contribution in [-0.2, 0) is 6.54 Å². The number of aromatic nitrogens is 3. The number of benzene rings is 2. The predicted molar refractivity (Wildman–Crippen MR) is 116 cm³/mol. The quantitative estimate of drug-likeness (QED) is 0.307. The Bertz CT molecular complexity index is 1090. The van der Waals surface area contributed by atoms with Gasteiger partial charge in [-0.25, -0.2) is 9.97 Å². The molecule has 4 aromatic rings. The summed E-state index contributed by atoms with van der Waals surface area (Å²) in [5, 5.41) is 2.43. The first kappa shape index (κ1) is 18.4. The zero-order valence-electron chi connectivity index (χ0n) is 14.5. The largest absolute Gasteiger partial charge is 0.382 e. The van der Waals surface area contributed by atoms with Gasteiger partial charge >= 0.3 is 0 Å². The van der Waals surface area contributed by atoms with E-state index in [2.05, 4.69) is 20.6 Å². The molecule has 0 saturated heterocycles. The molecule has 138 valence electrons. The number of imidazole rings is 1. The van der Waals surface area contributed by atoms with Crippen LogP contribution < -0.4 is 5.73 Å². The molecule has 0 fully saturated rings. The van der Waals surface area contributed by atoms with Gasteiger partial charge in [-0.1, -0.05) is 41.4 Å². The Morgan fingerprint density at radius 1 is 1.04 bits per heavy atom. The van der Waals surface area contributed by atoms with Crippen LogP contribution in [0.15, 0.2) is 53.7 Å². The standard InChI is InChI=1S/C20H18Cl2N4S/c21-13-9-14(22)11-15(10-13)27-8-4-3-7-26-12-24-18-19(26)16-5-1-2-6-17(16)25-20(18)23/h1-2,5-6,9-12H,3-4,7-8H2,(H2,23,25). The van der Waals surface area contributed by atoms with Gasteiger partial charge in [-0.15, -0.1) is 11.8 Å². The fraction of sp³-hybridized carbons (Fsp3) is 0.200. The molecule has 2 heterocycles. The second kappa shape index (κ2) is 7.97. The number of nitrogens with zero attached hydrogens (tertiary/aromatic N) is 3. The summed E-state index contributed by atoms with van der Waals surface area (Å²) in [5.41, 5.74) is 8.83. The summed E-state index contributed by atoms with van der Waals surface area (Å²) in [6, 6.07) is 13.7. The van der Waals surface area contributed by atoms with Crippen molar-refractivity contribution >= 4 is 62.7 Å². The Kier molecular flexibility index (Phi) is 5.43. The average Bonchev–Trinajstić information content (AvgIpc) is 3.06. The third-order valence-corrected chi connectivity index (χ3v) is 5.88. The van der Waals surface area contributed by atoms with Crippen molar-refractivity contribution in [2.45, 2.75) is 24.3 Å². The lowest BCUT2D eigenvalue weighted by Crippen LogP contribution is -1.99. The molecule has 2 aromatic carbocycles. The number of anilines is 1. The lowest BCUT2D eigenvalue weighted by Gasteiger charge is -2.08. The Balaban J connectivity index is 1.43. The van der Waals surface area contributed by atoms with Crippen molar-refractivity contribution in [3.63, 3.8) is 0 Å². The fourth-order valence-electron chi connectivity index (χ4n) is 3.16. The molecule has 4 rings (SSSR count). The van der Waals surface area contributed by atoms with Gasteiger partial charge in [0.05, 0.1) is 17.4 Å². The van der Waals surface area contributed by atoms with E-state index in [1.54, 1.807) is 17.8 Å². The highest BCUT2D eigenvalue weighted by molar-refractivity contribution is 7.99. The number of rotatable bonds is 6. The summed E-state index contributed by atoms with van der Waals surface area (Å²) in [6.45, 7) is 0.890. The van der Waals surface area contributed by atoms with Gasteiger partial charge in [0.1, 0.15) is 5.52 Å². The number of unbranched alkanes of at least 4 members (excludes halogenated alkanes) is 1. The maximum Gasteiger partial charge on any atom is 0.152 e. The second-order valence-corrected chi connectivity index (χ2v) is 8.35. The van der Waals surface area contributed by atoms with Gasteiger partial charge in [-0.3, -0.25) is 0 Å². The van der Waals surface area contributed by atoms with Gasteiger partial charge in [-0.2, -0.15) is 0 Å². The van der Waals surface area contributed by atoms with E-state index in [1.165, 1.54) is 0 Å². The molecule has 0 aliphatic rings. The van der Waals surface area contributed by atoms with E-state index in [9.17, 15) is 0 Å². The number of thioether (sulfide) groups is 1. The van der Waals surface area contributed by atoms with Gasteiger partial charge in [0, 0.05) is 26.9 Å². The lowest BCUT2D eigenvalue weighted by molar-refractivity contribution is 0.650. The molecular weight excluding hydrogens is 399 g/mol. The van der Waals surface area contributed by atoms with E-state index in [1.807, 2.05) is 36.7 Å². The summed E-state index contributed by atoms with van der Waals surface area (Å²) in [6.07, 6.45) is 3.98. The molecule has 4 nitrogen and oxygen atoms in total. The van der Waals surface area contributed by atoms with Crippen LogP contribution in [0, 0.1) is 0 Å². The molecule has 0 spiro atoms. The van der Waals surface area contributed by atoms with Crippen LogP contribution in [0.4, 0.5) is 5.82 Å². The highest BCUT2D eigenvalue weighted by Crippen LogP contribution is 2.29. The number of para-hydroxylation sites is 1. The lowest BCUT2D eigenvalue weighted by atomic mass is 10.2. The van der Waals surface area contributed by atoms with E-state index >= 15 is 0 Å². The summed E-state index contributed by atoms with van der Waals surface area (Å²) in [7, 11) is 0. The predicted octanol–water partition coefficient (Wildman–Crippen LogP) is 6.05. The molecule has 0 amide bonds. The van der Waals surface area contributed by atoms with Crippen molar-refractivity contribution in [1.82, 2.24) is 14.5 Å². The first-order chi connectivity index (χ1) is 13.1. The Morgan fingerprint density at radius 2 is 1.81 bits per heavy atom. The Morgan fingerprint density at radius 3 is 2.63 bits per heavy atom. The first-order valence-corrected chi connectivity index (χ1v) is 10.4. The number of aryl methyl sites for hydroxylation is 1. The van der Waals surface area contributed by atoms with Gasteiger partial charge < -0.3 is 10.3 Å². The van der Waals surface area contributed by atoms with Crippen molar-refractivity contribution in [2.75, 3.05) is 11.5 Å². The maximum atomic E-state index is 6.09. The van der Waals surface area contributed by atoms with E-state index in [0.29, 0.717) is 15.9 Å². The summed E-state index contributed by atoms with van der Waals surface area (Å²) in [4.78, 5) is 10.0. The first-order valence-electron chi connectivity index (χ1n) is 8.70. The number of nitrogen functional groups attached to an aromatic ring is 1. The van der Waals surface area contributed by atoms with Gasteiger partial charge in [0.2, 0.25) is 0 Å². The fourth-order valence-corrected chi connectivity index (χ4v) is 4.82. The van der Waals surface area contributed by atoms with Crippen molar-refractivity contribution in [3.05, 3.63) is 58.8 Å². The molecule has 0 radical (unpaired) electrons. The summed E-state index contributed by atoms with van der Waals surface area (Å²) < 4.78 is 2.18. The van der Waals surface area contributed by atoms with Crippen molar-refractivity contribution in [3.8, 4) is 0 Å². The summed E-state index contributed by atoms with van der Waals surface area (Å²) >= 11 is 13.9. The van der Waals surface area contributed by atoms with Crippen LogP contribution in [0.3, 0.4) is 0 Å². The van der Waals surface area contributed by atoms with Crippen LogP contribution in [0.1, 0.15) is 12.8 Å². The molecular formula is C20H18Cl2N4S. The molecule has 2 aromatic heterocycles. The minimum atomic E-state index is 0.482. The molecule has 7 heteroatoms. The van der Waals surface area contributed by atoms with Gasteiger partial charge in [-0.05, 0) is 42.9 Å². The normalized spacial score (nSPS) is 11.5. The molecule has 0 bridgehead atoms. The van der Waals surface area contributed by atoms with Crippen LogP contribution in [-0.4, -0.2) is 20.3 Å². The third kappa shape index (κ3) is 4.00. The number of nitrogens with two attached hydrogens (primary N) is 1. The molecule has 2 N–H and O–H groups in total. The molecule has 0 atom stereocenters. The topological polar surface area (TPSA) is 56.7 Å². The van der Waals surface area contributed by atoms with Gasteiger partial charge in [0.15, 0.2) is 5.82 Å². The van der Waals surface area contributed by atoms with E-state index in [-0.39, 0.29) is 0 Å². The maximum absolute atomic E-state index is 6.09. The number of hydrogen-bond donors (Lipinski definition) is 1. The minimum Gasteiger partial charge on any atom is -0.382 e. The number of fused-ring (bicyclic) bond motifs is 3. The number of pyridine rings is 1. The van der Waals surface area contributed by atoms with Crippen LogP contribution in [0.2, 0.25) is 10.0 Å². The van der Waals surface area contributed by atoms with Crippen LogP contribution in [0.5, 0.6) is 0 Å². The van der Waals surface area contributed by atoms with Crippen molar-refractivity contribution < 1.29 is 0 Å². The van der Waals surface area contributed by atoms with Crippen molar-refractivity contribution in [2.24, 2.45) is 0 Å². The highest BCUT2D eigenvalue weighted by atomic mass is 35.5. The molecule has 0 unspecified atom stereocenters. The van der Waals surface area contributed by atoms with E-state index < -0.39 is 0 Å². The van der Waals surface area contributed by atoms with Crippen molar-refractivity contribution in [1.29, 1.82) is 0 Å². The Hall–Kier alpha value is -1.95. The van der Waals surface area contributed by atoms with E-state index in [4.69, 9.17) is 28.9 Å². The zero-order valence-corrected chi connectivity index (χ0v) is 16.9. The van der Waals surface area contributed by atoms with Crippen LogP contribution in [0.25, 0.3) is 21.9 Å². The molecule has 0 aliphatic carbocycles. The monoisotopic (exact) mass is 416 g/mol.